The minimum Gasteiger partial charge on any atom is -0.477 e. The molecule has 0 spiro atoms. The van der Waals surface area contributed by atoms with E-state index in [1.807, 2.05) is 0 Å². The summed E-state index contributed by atoms with van der Waals surface area (Å²) in [6.07, 6.45) is -0.917. The highest BCUT2D eigenvalue weighted by molar-refractivity contribution is 8.00. The highest BCUT2D eigenvalue weighted by atomic mass is 32.2. The summed E-state index contributed by atoms with van der Waals surface area (Å²) in [5.41, 5.74) is 9.26. The molecule has 1 saturated heterocycles. The average molecular weight is 374 g/mol. The topological polar surface area (TPSA) is 133 Å². The number of hydrogen-bond acceptors (Lipinski definition) is 6. The van der Waals surface area contributed by atoms with E-state index in [1.54, 1.807) is 30.3 Å². The lowest BCUT2D eigenvalue weighted by atomic mass is 9.97. The molecule has 10 heteroatoms. The number of amides is 1. The van der Waals surface area contributed by atoms with Gasteiger partial charge in [0.25, 0.3) is 0 Å². The van der Waals surface area contributed by atoms with Gasteiger partial charge in [-0.25, -0.2) is 4.79 Å². The zero-order valence-electron chi connectivity index (χ0n) is 13.6. The van der Waals surface area contributed by atoms with Gasteiger partial charge in [-0.2, -0.15) is 0 Å². The predicted molar refractivity (Wildman–Crippen MR) is 91.6 cm³/mol. The van der Waals surface area contributed by atoms with E-state index in [9.17, 15) is 19.5 Å². The quantitative estimate of drug-likeness (QED) is 0.276. The molecule has 1 amide bonds. The second kappa shape index (κ2) is 7.11. The summed E-state index contributed by atoms with van der Waals surface area (Å²) in [7, 11) is 0. The lowest BCUT2D eigenvalue weighted by Gasteiger charge is -2.48. The van der Waals surface area contributed by atoms with E-state index in [0.29, 0.717) is 11.1 Å². The van der Waals surface area contributed by atoms with Crippen molar-refractivity contribution in [3.63, 3.8) is 0 Å². The van der Waals surface area contributed by atoms with E-state index in [4.69, 9.17) is 10.3 Å². The van der Waals surface area contributed by atoms with Gasteiger partial charge >= 0.3 is 11.9 Å². The molecule has 0 radical (unpaired) electrons. The van der Waals surface area contributed by atoms with Gasteiger partial charge in [0.15, 0.2) is 6.10 Å². The van der Waals surface area contributed by atoms with Crippen LogP contribution in [0.1, 0.15) is 18.6 Å². The van der Waals surface area contributed by atoms with Crippen LogP contribution in [-0.2, 0) is 19.1 Å². The molecule has 2 heterocycles. The number of hydrogen-bond donors (Lipinski definition) is 1. The van der Waals surface area contributed by atoms with E-state index in [2.05, 4.69) is 10.0 Å². The summed E-state index contributed by atoms with van der Waals surface area (Å²) in [4.78, 5) is 39.5. The number of β-lactam (4-membered cyclic amide) rings is 1. The number of benzene rings is 1. The maximum atomic E-state index is 12.3. The van der Waals surface area contributed by atoms with Crippen molar-refractivity contribution in [3.05, 3.63) is 57.6 Å². The van der Waals surface area contributed by atoms with E-state index in [0.717, 1.165) is 4.90 Å². The van der Waals surface area contributed by atoms with E-state index in [1.165, 1.54) is 18.7 Å². The Bertz CT molecular complexity index is 849. The van der Waals surface area contributed by atoms with Crippen molar-refractivity contribution in [3.8, 4) is 0 Å². The molecule has 0 bridgehead atoms. The van der Waals surface area contributed by atoms with Gasteiger partial charge in [-0.05, 0) is 11.1 Å². The van der Waals surface area contributed by atoms with E-state index < -0.39 is 35.4 Å². The SMILES string of the molecule is CC(=O)OC(C1=C(C(=O)O)N2C(=O)[C@@H](N=[N+]=[N-])[C@H]2SC1)c1ccccc1. The van der Waals surface area contributed by atoms with Crippen LogP contribution in [0.15, 0.2) is 46.7 Å². The molecule has 1 aromatic rings. The fraction of sp³-hybridized carbons (Fsp3) is 0.312. The molecule has 0 saturated carbocycles. The molecule has 1 unspecified atom stereocenters. The Balaban J connectivity index is 2.07. The molecule has 3 rings (SSSR count). The number of azide groups is 1. The first-order chi connectivity index (χ1) is 12.5. The van der Waals surface area contributed by atoms with Gasteiger partial charge in [0.1, 0.15) is 17.1 Å². The zero-order valence-corrected chi connectivity index (χ0v) is 14.4. The molecule has 1 aromatic carbocycles. The maximum absolute atomic E-state index is 12.3. The fourth-order valence-electron chi connectivity index (χ4n) is 2.99. The van der Waals surface area contributed by atoms with Crippen molar-refractivity contribution >= 4 is 29.6 Å². The number of carboxylic acid groups (broad SMARTS) is 1. The Morgan fingerprint density at radius 2 is 2.12 bits per heavy atom. The first-order valence-electron chi connectivity index (χ1n) is 7.63. The predicted octanol–water partition coefficient (Wildman–Crippen LogP) is 2.22. The third kappa shape index (κ3) is 3.00. The minimum atomic E-state index is -1.30. The molecule has 9 nitrogen and oxygen atoms in total. The van der Waals surface area contributed by atoms with Gasteiger partial charge in [0.2, 0.25) is 5.91 Å². The number of esters is 1. The van der Waals surface area contributed by atoms with Crippen molar-refractivity contribution in [2.24, 2.45) is 5.11 Å². The van der Waals surface area contributed by atoms with Crippen molar-refractivity contribution in [1.29, 1.82) is 0 Å². The summed E-state index contributed by atoms with van der Waals surface area (Å²) in [5.74, 6) is -2.22. The number of aliphatic carboxylic acids is 1. The highest BCUT2D eigenvalue weighted by Crippen LogP contribution is 2.45. The second-order valence-corrected chi connectivity index (χ2v) is 6.74. The maximum Gasteiger partial charge on any atom is 0.352 e. The fourth-order valence-corrected chi connectivity index (χ4v) is 4.34. The molecule has 1 N–H and O–H groups in total. The standard InChI is InChI=1S/C16H14N4O5S/c1-8(21)25-13(9-5-3-2-4-6-9)10-7-26-15-11(18-19-17)14(22)20(15)12(10)16(23)24/h2-6,11,13,15H,7H2,1H3,(H,23,24)/t11-,13?,15-/m1/s1. The van der Waals surface area contributed by atoms with Crippen molar-refractivity contribution < 1.29 is 24.2 Å². The summed E-state index contributed by atoms with van der Waals surface area (Å²) >= 11 is 1.27. The average Bonchev–Trinajstić information content (AvgIpc) is 2.63. The van der Waals surface area contributed by atoms with Crippen LogP contribution in [0.2, 0.25) is 0 Å². The Morgan fingerprint density at radius 1 is 1.42 bits per heavy atom. The Morgan fingerprint density at radius 3 is 2.69 bits per heavy atom. The lowest BCUT2D eigenvalue weighted by Crippen LogP contribution is -2.64. The van der Waals surface area contributed by atoms with Crippen molar-refractivity contribution in [2.75, 3.05) is 5.75 Å². The molecular formula is C16H14N4O5S. The Kier molecular flexibility index (Phi) is 4.88. The van der Waals surface area contributed by atoms with Crippen molar-refractivity contribution in [1.82, 2.24) is 4.90 Å². The first kappa shape index (κ1) is 17.8. The molecule has 1 fully saturated rings. The number of carboxylic acids is 1. The molecular weight excluding hydrogens is 360 g/mol. The van der Waals surface area contributed by atoms with Crippen LogP contribution in [0.5, 0.6) is 0 Å². The van der Waals surface area contributed by atoms with Gasteiger partial charge in [0, 0.05) is 23.2 Å². The van der Waals surface area contributed by atoms with Gasteiger partial charge in [-0.1, -0.05) is 35.4 Å². The normalized spacial score (nSPS) is 22.7. The number of carbonyl (C=O) groups is 3. The van der Waals surface area contributed by atoms with Gasteiger partial charge in [0.05, 0.1) is 0 Å². The number of ether oxygens (including phenoxy) is 1. The number of fused-ring (bicyclic) bond motifs is 1. The summed E-state index contributed by atoms with van der Waals surface area (Å²) in [6, 6.07) is 7.80. The lowest BCUT2D eigenvalue weighted by molar-refractivity contribution is -0.149. The van der Waals surface area contributed by atoms with Crippen LogP contribution < -0.4 is 0 Å². The largest absolute Gasteiger partial charge is 0.477 e. The molecule has 3 atom stereocenters. The summed E-state index contributed by atoms with van der Waals surface area (Å²) in [5, 5.41) is 12.6. The number of rotatable bonds is 5. The molecule has 26 heavy (non-hydrogen) atoms. The highest BCUT2D eigenvalue weighted by Gasteiger charge is 2.54. The zero-order chi connectivity index (χ0) is 18.8. The molecule has 2 aliphatic heterocycles. The number of nitrogens with zero attached hydrogens (tertiary/aromatic N) is 4. The Hall–Kier alpha value is -2.97. The third-order valence-electron chi connectivity index (χ3n) is 4.05. The number of thioether (sulfide) groups is 1. The molecule has 134 valence electrons. The number of carbonyl (C=O) groups excluding carboxylic acids is 2. The third-order valence-corrected chi connectivity index (χ3v) is 5.34. The first-order valence-corrected chi connectivity index (χ1v) is 8.68. The van der Waals surface area contributed by atoms with Gasteiger partial charge in [-0.15, -0.1) is 11.8 Å². The smallest absolute Gasteiger partial charge is 0.352 e. The van der Waals surface area contributed by atoms with Gasteiger partial charge < -0.3 is 9.84 Å². The molecule has 2 aliphatic rings. The summed E-state index contributed by atoms with van der Waals surface area (Å²) < 4.78 is 5.38. The second-order valence-electron chi connectivity index (χ2n) is 5.64. The van der Waals surface area contributed by atoms with E-state index >= 15 is 0 Å². The van der Waals surface area contributed by atoms with Crippen LogP contribution >= 0.6 is 11.8 Å². The van der Waals surface area contributed by atoms with Crippen molar-refractivity contribution in [2.45, 2.75) is 24.4 Å². The minimum absolute atomic E-state index is 0.223. The van der Waals surface area contributed by atoms with Crippen LogP contribution in [0.25, 0.3) is 10.4 Å². The molecule has 0 aromatic heterocycles. The van der Waals surface area contributed by atoms with Crippen LogP contribution in [0.3, 0.4) is 0 Å². The van der Waals surface area contributed by atoms with Crippen LogP contribution in [-0.4, -0.2) is 45.0 Å². The van der Waals surface area contributed by atoms with Gasteiger partial charge in [-0.3, -0.25) is 14.5 Å². The molecule has 0 aliphatic carbocycles. The monoisotopic (exact) mass is 374 g/mol. The summed E-state index contributed by atoms with van der Waals surface area (Å²) in [6.45, 7) is 1.24. The van der Waals surface area contributed by atoms with E-state index in [-0.39, 0.29) is 11.4 Å². The van der Waals surface area contributed by atoms with Crippen LogP contribution in [0, 0.1) is 0 Å². The van der Waals surface area contributed by atoms with Crippen LogP contribution in [0.4, 0.5) is 0 Å². The Labute approximate surface area is 152 Å².